The Morgan fingerprint density at radius 2 is 1.63 bits per heavy atom. The van der Waals surface area contributed by atoms with Gasteiger partial charge in [0.05, 0.1) is 0 Å². The van der Waals surface area contributed by atoms with Crippen molar-refractivity contribution in [1.82, 2.24) is 0 Å². The van der Waals surface area contributed by atoms with Crippen molar-refractivity contribution < 1.29 is 9.90 Å². The smallest absolute Gasteiger partial charge is 0.255 e. The quantitative estimate of drug-likeness (QED) is 0.806. The summed E-state index contributed by atoms with van der Waals surface area (Å²) in [5.41, 5.74) is 4.04. The number of aromatic hydroxyl groups is 1. The second-order valence-electron chi connectivity index (χ2n) is 4.77. The van der Waals surface area contributed by atoms with E-state index >= 15 is 0 Å². The molecular formula is C16H17NO2. The van der Waals surface area contributed by atoms with E-state index in [-0.39, 0.29) is 11.7 Å². The third-order valence-electron chi connectivity index (χ3n) is 3.10. The van der Waals surface area contributed by atoms with Crippen molar-refractivity contribution >= 4 is 11.6 Å². The first-order chi connectivity index (χ1) is 8.97. The standard InChI is InChI=1S/C16H17NO2/c1-10-4-6-13(7-5-10)16(19)17-14-8-12(3)15(18)9-11(14)2/h4-9,18H,1-3H3,(H,17,19). The van der Waals surface area contributed by atoms with E-state index in [1.54, 1.807) is 31.2 Å². The number of carbonyl (C=O) groups is 1. The summed E-state index contributed by atoms with van der Waals surface area (Å²) in [6, 6.07) is 10.8. The SMILES string of the molecule is Cc1ccc(C(=O)Nc2cc(C)c(O)cc2C)cc1. The van der Waals surface area contributed by atoms with E-state index in [2.05, 4.69) is 5.32 Å². The van der Waals surface area contributed by atoms with Gasteiger partial charge in [0, 0.05) is 11.3 Å². The molecule has 2 rings (SSSR count). The summed E-state index contributed by atoms with van der Waals surface area (Å²) in [6.07, 6.45) is 0. The molecule has 0 spiro atoms. The molecule has 0 atom stereocenters. The van der Waals surface area contributed by atoms with Crippen molar-refractivity contribution in [2.75, 3.05) is 5.32 Å². The first-order valence-corrected chi connectivity index (χ1v) is 6.15. The van der Waals surface area contributed by atoms with Crippen LogP contribution in [0.2, 0.25) is 0 Å². The van der Waals surface area contributed by atoms with Gasteiger partial charge in [0.15, 0.2) is 0 Å². The van der Waals surface area contributed by atoms with E-state index in [9.17, 15) is 9.90 Å². The molecule has 0 bridgehead atoms. The number of aryl methyl sites for hydroxylation is 3. The largest absolute Gasteiger partial charge is 0.508 e. The van der Waals surface area contributed by atoms with Crippen LogP contribution in [0.3, 0.4) is 0 Å². The second kappa shape index (κ2) is 5.14. The molecule has 2 aromatic rings. The summed E-state index contributed by atoms with van der Waals surface area (Å²) < 4.78 is 0. The van der Waals surface area contributed by atoms with Crippen LogP contribution < -0.4 is 5.32 Å². The molecule has 3 heteroatoms. The maximum Gasteiger partial charge on any atom is 0.255 e. The Hall–Kier alpha value is -2.29. The van der Waals surface area contributed by atoms with Gasteiger partial charge in [-0.1, -0.05) is 17.7 Å². The van der Waals surface area contributed by atoms with Gasteiger partial charge < -0.3 is 10.4 Å². The summed E-state index contributed by atoms with van der Waals surface area (Å²) in [5, 5.41) is 12.5. The monoisotopic (exact) mass is 255 g/mol. The maximum absolute atomic E-state index is 12.1. The van der Waals surface area contributed by atoms with Gasteiger partial charge >= 0.3 is 0 Å². The number of phenols is 1. The lowest BCUT2D eigenvalue weighted by molar-refractivity contribution is 0.102. The molecule has 98 valence electrons. The molecule has 0 saturated carbocycles. The van der Waals surface area contributed by atoms with Gasteiger partial charge in [-0.05, 0) is 56.2 Å². The third-order valence-corrected chi connectivity index (χ3v) is 3.10. The molecule has 0 saturated heterocycles. The zero-order chi connectivity index (χ0) is 14.0. The maximum atomic E-state index is 12.1. The van der Waals surface area contributed by atoms with E-state index < -0.39 is 0 Å². The Labute approximate surface area is 112 Å². The molecule has 0 aliphatic carbocycles. The van der Waals surface area contributed by atoms with Gasteiger partial charge in [0.25, 0.3) is 5.91 Å². The summed E-state index contributed by atoms with van der Waals surface area (Å²) in [7, 11) is 0. The predicted molar refractivity (Wildman–Crippen MR) is 76.7 cm³/mol. The lowest BCUT2D eigenvalue weighted by Crippen LogP contribution is -2.12. The minimum atomic E-state index is -0.145. The van der Waals surface area contributed by atoms with Gasteiger partial charge in [-0.3, -0.25) is 4.79 Å². The molecule has 2 aromatic carbocycles. The molecule has 0 heterocycles. The number of carbonyl (C=O) groups excluding carboxylic acids is 1. The van der Waals surface area contributed by atoms with Crippen LogP contribution in [0.15, 0.2) is 36.4 Å². The Balaban J connectivity index is 2.24. The van der Waals surface area contributed by atoms with Crippen LogP contribution in [0.4, 0.5) is 5.69 Å². The van der Waals surface area contributed by atoms with E-state index in [4.69, 9.17) is 0 Å². The molecule has 2 N–H and O–H groups in total. The highest BCUT2D eigenvalue weighted by molar-refractivity contribution is 6.04. The molecule has 0 aromatic heterocycles. The van der Waals surface area contributed by atoms with Crippen molar-refractivity contribution in [2.45, 2.75) is 20.8 Å². The van der Waals surface area contributed by atoms with Crippen LogP contribution in [0, 0.1) is 20.8 Å². The normalized spacial score (nSPS) is 10.3. The third kappa shape index (κ3) is 2.94. The van der Waals surface area contributed by atoms with Crippen molar-refractivity contribution in [3.63, 3.8) is 0 Å². The van der Waals surface area contributed by atoms with Gasteiger partial charge in [-0.2, -0.15) is 0 Å². The Kier molecular flexibility index (Phi) is 3.56. The number of benzene rings is 2. The van der Waals surface area contributed by atoms with Gasteiger partial charge in [0.2, 0.25) is 0 Å². The molecule has 0 aliphatic rings. The van der Waals surface area contributed by atoms with Crippen LogP contribution in [-0.4, -0.2) is 11.0 Å². The van der Waals surface area contributed by atoms with E-state index in [0.717, 1.165) is 22.4 Å². The molecule has 3 nitrogen and oxygen atoms in total. The summed E-state index contributed by atoms with van der Waals surface area (Å²) in [6.45, 7) is 5.63. The molecule has 0 radical (unpaired) electrons. The molecule has 1 amide bonds. The van der Waals surface area contributed by atoms with E-state index in [0.29, 0.717) is 5.56 Å². The summed E-state index contributed by atoms with van der Waals surface area (Å²) in [4.78, 5) is 12.1. The van der Waals surface area contributed by atoms with E-state index in [1.165, 1.54) is 0 Å². The van der Waals surface area contributed by atoms with Crippen molar-refractivity contribution in [3.8, 4) is 5.75 Å². The average molecular weight is 255 g/mol. The lowest BCUT2D eigenvalue weighted by Gasteiger charge is -2.10. The number of hydrogen-bond acceptors (Lipinski definition) is 2. The Morgan fingerprint density at radius 3 is 2.26 bits per heavy atom. The summed E-state index contributed by atoms with van der Waals surface area (Å²) in [5.74, 6) is 0.0963. The topological polar surface area (TPSA) is 49.3 Å². The molecule has 0 unspecified atom stereocenters. The second-order valence-corrected chi connectivity index (χ2v) is 4.77. The lowest BCUT2D eigenvalue weighted by atomic mass is 10.1. The molecule has 0 fully saturated rings. The fourth-order valence-electron chi connectivity index (χ4n) is 1.84. The highest BCUT2D eigenvalue weighted by Crippen LogP contribution is 2.25. The highest BCUT2D eigenvalue weighted by Gasteiger charge is 2.09. The van der Waals surface area contributed by atoms with Crippen LogP contribution >= 0.6 is 0 Å². The van der Waals surface area contributed by atoms with Crippen molar-refractivity contribution in [2.24, 2.45) is 0 Å². The summed E-state index contributed by atoms with van der Waals surface area (Å²) >= 11 is 0. The number of phenolic OH excluding ortho intramolecular Hbond substituents is 1. The van der Waals surface area contributed by atoms with Gasteiger partial charge in [-0.25, -0.2) is 0 Å². The molecule has 0 aliphatic heterocycles. The predicted octanol–water partition coefficient (Wildman–Crippen LogP) is 3.57. The van der Waals surface area contributed by atoms with Gasteiger partial charge in [-0.15, -0.1) is 0 Å². The van der Waals surface area contributed by atoms with Gasteiger partial charge in [0.1, 0.15) is 5.75 Å². The number of hydrogen-bond donors (Lipinski definition) is 2. The van der Waals surface area contributed by atoms with Crippen LogP contribution in [0.5, 0.6) is 5.75 Å². The van der Waals surface area contributed by atoms with E-state index in [1.807, 2.05) is 26.0 Å². The Bertz CT molecular complexity index is 615. The van der Waals surface area contributed by atoms with Crippen LogP contribution in [0.1, 0.15) is 27.0 Å². The number of anilines is 1. The van der Waals surface area contributed by atoms with Crippen molar-refractivity contribution in [1.29, 1.82) is 0 Å². The molecular weight excluding hydrogens is 238 g/mol. The highest BCUT2D eigenvalue weighted by atomic mass is 16.3. The van der Waals surface area contributed by atoms with Crippen LogP contribution in [-0.2, 0) is 0 Å². The van der Waals surface area contributed by atoms with Crippen LogP contribution in [0.25, 0.3) is 0 Å². The first kappa shape index (κ1) is 13.1. The minimum Gasteiger partial charge on any atom is -0.508 e. The first-order valence-electron chi connectivity index (χ1n) is 6.15. The number of nitrogens with one attached hydrogen (secondary N) is 1. The fourth-order valence-corrected chi connectivity index (χ4v) is 1.84. The Morgan fingerprint density at radius 1 is 1.00 bits per heavy atom. The fraction of sp³-hybridized carbons (Fsp3) is 0.188. The molecule has 19 heavy (non-hydrogen) atoms. The average Bonchev–Trinajstić information content (AvgIpc) is 2.36. The number of rotatable bonds is 2. The van der Waals surface area contributed by atoms with Crippen molar-refractivity contribution in [3.05, 3.63) is 58.7 Å². The minimum absolute atomic E-state index is 0.145. The zero-order valence-corrected chi connectivity index (χ0v) is 11.3. The number of amides is 1. The zero-order valence-electron chi connectivity index (χ0n) is 11.3.